The Labute approximate surface area is 133 Å². The van der Waals surface area contributed by atoms with Crippen LogP contribution < -0.4 is 10.0 Å². The summed E-state index contributed by atoms with van der Waals surface area (Å²) in [7, 11) is -3.76. The summed E-state index contributed by atoms with van der Waals surface area (Å²) in [4.78, 5) is 11.9. The Hall–Kier alpha value is -2.39. The van der Waals surface area contributed by atoms with E-state index in [9.17, 15) is 18.3 Å². The molecule has 0 aliphatic heterocycles. The van der Waals surface area contributed by atoms with Crippen LogP contribution in [0.2, 0.25) is 0 Å². The van der Waals surface area contributed by atoms with Crippen molar-refractivity contribution in [1.82, 2.24) is 15.2 Å². The lowest BCUT2D eigenvalue weighted by atomic mass is 10.2. The second kappa shape index (κ2) is 6.80. The Balaban J connectivity index is 1.91. The third-order valence-corrected chi connectivity index (χ3v) is 4.79. The average Bonchev–Trinajstić information content (AvgIpc) is 2.83. The fraction of sp³-hybridized carbons (Fsp3) is 0.286. The lowest BCUT2D eigenvalue weighted by Gasteiger charge is -2.08. The second-order valence-electron chi connectivity index (χ2n) is 4.82. The molecular weight excluding hydrogens is 322 g/mol. The smallest absolute Gasteiger partial charge is 0.255 e. The quantitative estimate of drug-likeness (QED) is 0.666. The number of aromatic nitrogens is 1. The first-order chi connectivity index (χ1) is 10.8. The van der Waals surface area contributed by atoms with Crippen molar-refractivity contribution in [2.45, 2.75) is 18.7 Å². The highest BCUT2D eigenvalue weighted by molar-refractivity contribution is 7.89. The molecule has 2 aromatic rings. The summed E-state index contributed by atoms with van der Waals surface area (Å²) < 4.78 is 31.5. The van der Waals surface area contributed by atoms with E-state index < -0.39 is 15.9 Å². The molecule has 0 atom stereocenters. The molecule has 0 spiro atoms. The van der Waals surface area contributed by atoms with Gasteiger partial charge >= 0.3 is 0 Å². The van der Waals surface area contributed by atoms with Gasteiger partial charge in [0.15, 0.2) is 5.76 Å². The van der Waals surface area contributed by atoms with E-state index in [0.717, 1.165) is 0 Å². The lowest BCUT2D eigenvalue weighted by molar-refractivity contribution is 0.0951. The third-order valence-electron chi connectivity index (χ3n) is 3.09. The summed E-state index contributed by atoms with van der Waals surface area (Å²) in [6, 6.07) is 6.09. The van der Waals surface area contributed by atoms with Gasteiger partial charge in [-0.2, -0.15) is 0 Å². The molecule has 0 radical (unpaired) electrons. The van der Waals surface area contributed by atoms with Gasteiger partial charge in [0.05, 0.1) is 5.56 Å². The number of rotatable bonds is 6. The maximum Gasteiger partial charge on any atom is 0.255 e. The number of phenolic OH excluding ortho intramolecular Hbond substituents is 1. The van der Waals surface area contributed by atoms with Crippen molar-refractivity contribution in [3.05, 3.63) is 41.3 Å². The SMILES string of the molecule is Cc1noc(C)c1S(=O)(=O)NCCNC(=O)c1ccccc1O. The molecule has 1 aromatic carbocycles. The van der Waals surface area contributed by atoms with Crippen molar-refractivity contribution < 1.29 is 22.8 Å². The Morgan fingerprint density at radius 3 is 2.57 bits per heavy atom. The minimum absolute atomic E-state index is 0.00419. The van der Waals surface area contributed by atoms with Gasteiger partial charge in [-0.25, -0.2) is 13.1 Å². The number of aryl methyl sites for hydroxylation is 2. The number of hydrogen-bond donors (Lipinski definition) is 3. The van der Waals surface area contributed by atoms with Crippen LogP contribution in [0.1, 0.15) is 21.8 Å². The lowest BCUT2D eigenvalue weighted by Crippen LogP contribution is -2.35. The largest absolute Gasteiger partial charge is 0.507 e. The molecule has 0 aliphatic carbocycles. The molecule has 0 fully saturated rings. The number of benzene rings is 1. The Morgan fingerprint density at radius 2 is 1.96 bits per heavy atom. The van der Waals surface area contributed by atoms with E-state index in [1.807, 2.05) is 0 Å². The van der Waals surface area contributed by atoms with Crippen molar-refractivity contribution in [2.75, 3.05) is 13.1 Å². The predicted molar refractivity (Wildman–Crippen MR) is 81.6 cm³/mol. The number of hydrogen-bond acceptors (Lipinski definition) is 6. The van der Waals surface area contributed by atoms with Crippen LogP contribution in [-0.2, 0) is 10.0 Å². The predicted octanol–water partition coefficient (Wildman–Crippen LogP) is 0.705. The fourth-order valence-corrected chi connectivity index (χ4v) is 3.41. The van der Waals surface area contributed by atoms with Gasteiger partial charge in [-0.3, -0.25) is 4.79 Å². The summed E-state index contributed by atoms with van der Waals surface area (Å²) in [5.41, 5.74) is 0.398. The zero-order chi connectivity index (χ0) is 17.0. The van der Waals surface area contributed by atoms with Crippen LogP contribution in [0.25, 0.3) is 0 Å². The van der Waals surface area contributed by atoms with Crippen molar-refractivity contribution in [3.8, 4) is 5.75 Å². The first-order valence-corrected chi connectivity index (χ1v) is 8.30. The van der Waals surface area contributed by atoms with Crippen LogP contribution in [-0.4, -0.2) is 37.7 Å². The van der Waals surface area contributed by atoms with Crippen LogP contribution in [0.15, 0.2) is 33.7 Å². The first-order valence-electron chi connectivity index (χ1n) is 6.81. The maximum atomic E-state index is 12.1. The maximum absolute atomic E-state index is 12.1. The van der Waals surface area contributed by atoms with E-state index >= 15 is 0 Å². The van der Waals surface area contributed by atoms with Gasteiger partial charge in [0.25, 0.3) is 5.91 Å². The molecule has 124 valence electrons. The summed E-state index contributed by atoms with van der Waals surface area (Å²) >= 11 is 0. The van der Waals surface area contributed by atoms with Gasteiger partial charge in [0.1, 0.15) is 16.3 Å². The number of para-hydroxylation sites is 1. The van der Waals surface area contributed by atoms with Gasteiger partial charge in [-0.1, -0.05) is 17.3 Å². The number of aromatic hydroxyl groups is 1. The summed E-state index contributed by atoms with van der Waals surface area (Å²) in [6.07, 6.45) is 0. The molecule has 0 saturated heterocycles. The topological polar surface area (TPSA) is 122 Å². The Kier molecular flexibility index (Phi) is 5.02. The Morgan fingerprint density at radius 1 is 1.26 bits per heavy atom. The number of nitrogens with one attached hydrogen (secondary N) is 2. The van der Waals surface area contributed by atoms with E-state index in [1.165, 1.54) is 26.0 Å². The van der Waals surface area contributed by atoms with Crippen LogP contribution in [0, 0.1) is 13.8 Å². The van der Waals surface area contributed by atoms with E-state index in [0.29, 0.717) is 0 Å². The highest BCUT2D eigenvalue weighted by Crippen LogP contribution is 2.18. The molecule has 1 heterocycles. The molecule has 0 bridgehead atoms. The van der Waals surface area contributed by atoms with Crippen molar-refractivity contribution >= 4 is 15.9 Å². The number of phenols is 1. The van der Waals surface area contributed by atoms with Crippen molar-refractivity contribution in [1.29, 1.82) is 0 Å². The van der Waals surface area contributed by atoms with E-state index in [1.54, 1.807) is 12.1 Å². The van der Waals surface area contributed by atoms with E-state index in [2.05, 4.69) is 15.2 Å². The standard InChI is InChI=1S/C14H17N3O5S/c1-9-13(10(2)22-17-9)23(20,21)16-8-7-15-14(19)11-5-3-4-6-12(11)18/h3-6,16,18H,7-8H2,1-2H3,(H,15,19). The van der Waals surface area contributed by atoms with Crippen LogP contribution >= 0.6 is 0 Å². The zero-order valence-corrected chi connectivity index (χ0v) is 13.5. The highest BCUT2D eigenvalue weighted by Gasteiger charge is 2.23. The number of amides is 1. The molecule has 0 aliphatic rings. The van der Waals surface area contributed by atoms with E-state index in [-0.39, 0.29) is 40.8 Å². The zero-order valence-electron chi connectivity index (χ0n) is 12.7. The molecule has 0 saturated carbocycles. The molecule has 2 rings (SSSR count). The molecule has 9 heteroatoms. The monoisotopic (exact) mass is 339 g/mol. The van der Waals surface area contributed by atoms with E-state index in [4.69, 9.17) is 4.52 Å². The normalized spacial score (nSPS) is 11.4. The highest BCUT2D eigenvalue weighted by atomic mass is 32.2. The molecular formula is C14H17N3O5S. The molecule has 1 amide bonds. The molecule has 0 unspecified atom stereocenters. The minimum Gasteiger partial charge on any atom is -0.507 e. The van der Waals surface area contributed by atoms with Gasteiger partial charge in [-0.05, 0) is 26.0 Å². The Bertz CT molecular complexity index is 794. The number of carbonyl (C=O) groups is 1. The van der Waals surface area contributed by atoms with Gasteiger partial charge in [-0.15, -0.1) is 0 Å². The molecule has 23 heavy (non-hydrogen) atoms. The summed E-state index contributed by atoms with van der Waals surface area (Å²) in [5.74, 6) is -0.422. The van der Waals surface area contributed by atoms with Crippen molar-refractivity contribution in [2.24, 2.45) is 0 Å². The van der Waals surface area contributed by atoms with Gasteiger partial charge < -0.3 is 14.9 Å². The van der Waals surface area contributed by atoms with Crippen LogP contribution in [0.5, 0.6) is 5.75 Å². The number of nitrogens with zero attached hydrogens (tertiary/aromatic N) is 1. The third kappa shape index (κ3) is 3.88. The molecule has 3 N–H and O–H groups in total. The number of sulfonamides is 1. The van der Waals surface area contributed by atoms with Gasteiger partial charge in [0.2, 0.25) is 10.0 Å². The van der Waals surface area contributed by atoms with Gasteiger partial charge in [0, 0.05) is 13.1 Å². The van der Waals surface area contributed by atoms with Crippen LogP contribution in [0.3, 0.4) is 0 Å². The van der Waals surface area contributed by atoms with Crippen LogP contribution in [0.4, 0.5) is 0 Å². The summed E-state index contributed by atoms with van der Waals surface area (Å²) in [6.45, 7) is 3.10. The summed E-state index contributed by atoms with van der Waals surface area (Å²) in [5, 5.41) is 15.7. The first kappa shape index (κ1) is 17.0. The average molecular weight is 339 g/mol. The molecule has 8 nitrogen and oxygen atoms in total. The fourth-order valence-electron chi connectivity index (χ4n) is 2.05. The minimum atomic E-state index is -3.76. The van der Waals surface area contributed by atoms with Crippen molar-refractivity contribution in [3.63, 3.8) is 0 Å². The molecule has 1 aromatic heterocycles. The second-order valence-corrected chi connectivity index (χ2v) is 6.53. The number of carbonyl (C=O) groups excluding carboxylic acids is 1.